The predicted molar refractivity (Wildman–Crippen MR) is 120 cm³/mol. The van der Waals surface area contributed by atoms with Crippen molar-refractivity contribution in [2.75, 3.05) is 18.0 Å². The van der Waals surface area contributed by atoms with Crippen LogP contribution in [0.1, 0.15) is 25.6 Å². The maximum atomic E-state index is 13.6. The highest BCUT2D eigenvalue weighted by molar-refractivity contribution is 6.31. The van der Waals surface area contributed by atoms with Crippen molar-refractivity contribution < 1.29 is 18.4 Å². The molecule has 33 heavy (non-hydrogen) atoms. The van der Waals surface area contributed by atoms with Gasteiger partial charge in [-0.3, -0.25) is 14.4 Å². The summed E-state index contributed by atoms with van der Waals surface area (Å²) in [6.07, 6.45) is 0.573. The number of halogens is 3. The first-order valence-corrected chi connectivity index (χ1v) is 10.9. The van der Waals surface area contributed by atoms with Gasteiger partial charge in [-0.2, -0.15) is 0 Å². The summed E-state index contributed by atoms with van der Waals surface area (Å²) in [6.45, 7) is 2.34. The number of aromatic amines is 1. The fraction of sp³-hybridized carbons (Fsp3) is 0.304. The van der Waals surface area contributed by atoms with E-state index in [1.54, 1.807) is 18.2 Å². The first kappa shape index (κ1) is 22.8. The molecule has 0 aliphatic carbocycles. The van der Waals surface area contributed by atoms with Crippen LogP contribution < -0.4 is 10.5 Å². The number of anilines is 1. The average Bonchev–Trinajstić information content (AvgIpc) is 3.13. The summed E-state index contributed by atoms with van der Waals surface area (Å²) >= 11 is 6.01. The van der Waals surface area contributed by atoms with Crippen LogP contribution in [-0.2, 0) is 16.1 Å². The van der Waals surface area contributed by atoms with Gasteiger partial charge in [0.25, 0.3) is 5.56 Å². The van der Waals surface area contributed by atoms with E-state index in [-0.39, 0.29) is 42.6 Å². The summed E-state index contributed by atoms with van der Waals surface area (Å²) in [5, 5.41) is 0.822. The number of H-pyrrole nitrogens is 1. The van der Waals surface area contributed by atoms with Crippen LogP contribution in [-0.4, -0.2) is 39.8 Å². The van der Waals surface area contributed by atoms with Crippen LogP contribution in [0.25, 0.3) is 10.9 Å². The number of fused-ring (bicyclic) bond motifs is 1. The zero-order chi connectivity index (χ0) is 23.7. The number of hydrogen-bond donors (Lipinski definition) is 1. The molecule has 1 atom stereocenters. The molecule has 2 heterocycles. The second-order valence-electron chi connectivity index (χ2n) is 7.97. The van der Waals surface area contributed by atoms with Crippen LogP contribution in [0, 0.1) is 17.6 Å². The molecule has 2 amide bonds. The van der Waals surface area contributed by atoms with E-state index in [2.05, 4.69) is 9.97 Å². The van der Waals surface area contributed by atoms with Crippen LogP contribution in [0.15, 0.2) is 41.2 Å². The summed E-state index contributed by atoms with van der Waals surface area (Å²) in [7, 11) is 0. The molecule has 1 fully saturated rings. The summed E-state index contributed by atoms with van der Waals surface area (Å²) < 4.78 is 27.2. The monoisotopic (exact) mass is 474 g/mol. The molecule has 0 spiro atoms. The van der Waals surface area contributed by atoms with Crippen LogP contribution in [0.5, 0.6) is 0 Å². The van der Waals surface area contributed by atoms with Gasteiger partial charge in [-0.05, 0) is 36.8 Å². The third-order valence-corrected chi connectivity index (χ3v) is 5.73. The molecule has 172 valence electrons. The third-order valence-electron chi connectivity index (χ3n) is 5.50. The zero-order valence-electron chi connectivity index (χ0n) is 17.8. The number of carbonyl (C=O) groups is 2. The smallest absolute Gasteiger partial charge is 0.258 e. The summed E-state index contributed by atoms with van der Waals surface area (Å²) in [5.74, 6) is -2.67. The lowest BCUT2D eigenvalue weighted by molar-refractivity contribution is -0.136. The topological polar surface area (TPSA) is 86.4 Å². The Kier molecular flexibility index (Phi) is 6.42. The molecular formula is C23H21ClF2N4O3. The average molecular weight is 475 g/mol. The summed E-state index contributed by atoms with van der Waals surface area (Å²) in [5.41, 5.74) is 0.152. The summed E-state index contributed by atoms with van der Waals surface area (Å²) in [4.78, 5) is 48.1. The molecule has 4 rings (SSSR count). The number of carbonyl (C=O) groups excluding carboxylic acids is 2. The highest BCUT2D eigenvalue weighted by Gasteiger charge is 2.37. The van der Waals surface area contributed by atoms with E-state index in [1.165, 1.54) is 9.80 Å². The van der Waals surface area contributed by atoms with Crippen LogP contribution >= 0.6 is 11.6 Å². The maximum absolute atomic E-state index is 13.6. The molecule has 1 N–H and O–H groups in total. The van der Waals surface area contributed by atoms with Gasteiger partial charge in [0.2, 0.25) is 11.8 Å². The molecule has 10 heteroatoms. The van der Waals surface area contributed by atoms with Gasteiger partial charge >= 0.3 is 0 Å². The first-order chi connectivity index (χ1) is 15.7. The standard InChI is InChI=1S/C23H21ClF2N4O3/c1-2-5-29(12-20-27-19-7-14(24)3-4-18(19)22(32)28-20)23(33)13-6-21(31)30(11-13)17-9-15(25)8-16(26)10-17/h3-4,7-10,13H,2,5-6,11-12H2,1H3,(H,27,28,32). The minimum Gasteiger partial charge on any atom is -0.335 e. The Bertz CT molecular complexity index is 1280. The number of amides is 2. The lowest BCUT2D eigenvalue weighted by atomic mass is 10.1. The molecule has 1 aliphatic rings. The van der Waals surface area contributed by atoms with Crippen molar-refractivity contribution >= 4 is 40.0 Å². The summed E-state index contributed by atoms with van der Waals surface area (Å²) in [6, 6.07) is 7.60. The van der Waals surface area contributed by atoms with E-state index >= 15 is 0 Å². The first-order valence-electron chi connectivity index (χ1n) is 10.5. The van der Waals surface area contributed by atoms with E-state index in [4.69, 9.17) is 11.6 Å². The van der Waals surface area contributed by atoms with Gasteiger partial charge in [0.15, 0.2) is 0 Å². The van der Waals surface area contributed by atoms with Gasteiger partial charge in [-0.1, -0.05) is 18.5 Å². The Labute approximate surface area is 193 Å². The molecule has 1 aliphatic heterocycles. The van der Waals surface area contributed by atoms with Crippen molar-refractivity contribution in [2.45, 2.75) is 26.3 Å². The lowest BCUT2D eigenvalue weighted by Crippen LogP contribution is -2.38. The van der Waals surface area contributed by atoms with Crippen LogP contribution in [0.3, 0.4) is 0 Å². The van der Waals surface area contributed by atoms with Gasteiger partial charge in [0.05, 0.1) is 23.4 Å². The molecular weight excluding hydrogens is 454 g/mol. The van der Waals surface area contributed by atoms with Crippen molar-refractivity contribution in [3.8, 4) is 0 Å². The van der Waals surface area contributed by atoms with Crippen molar-refractivity contribution in [2.24, 2.45) is 5.92 Å². The maximum Gasteiger partial charge on any atom is 0.258 e. The molecule has 1 unspecified atom stereocenters. The van der Waals surface area contributed by atoms with Crippen molar-refractivity contribution in [1.29, 1.82) is 0 Å². The number of rotatable bonds is 6. The third kappa shape index (κ3) is 4.88. The van der Waals surface area contributed by atoms with E-state index in [9.17, 15) is 23.2 Å². The van der Waals surface area contributed by atoms with Crippen molar-refractivity contribution in [1.82, 2.24) is 14.9 Å². The minimum absolute atomic E-state index is 0.0120. The number of aromatic nitrogens is 2. The molecule has 7 nitrogen and oxygen atoms in total. The molecule has 2 aromatic carbocycles. The van der Waals surface area contributed by atoms with Gasteiger partial charge in [-0.15, -0.1) is 0 Å². The molecule has 0 saturated carbocycles. The lowest BCUT2D eigenvalue weighted by Gasteiger charge is -2.25. The largest absolute Gasteiger partial charge is 0.335 e. The number of nitrogens with one attached hydrogen (secondary N) is 1. The molecule has 3 aromatic rings. The Morgan fingerprint density at radius 1 is 1.21 bits per heavy atom. The number of hydrogen-bond acceptors (Lipinski definition) is 4. The van der Waals surface area contributed by atoms with E-state index < -0.39 is 17.6 Å². The molecule has 1 saturated heterocycles. The second-order valence-corrected chi connectivity index (χ2v) is 8.40. The number of benzene rings is 2. The fourth-order valence-corrected chi connectivity index (χ4v) is 4.20. The van der Waals surface area contributed by atoms with Gasteiger partial charge in [0.1, 0.15) is 17.5 Å². The van der Waals surface area contributed by atoms with E-state index in [0.717, 1.165) is 18.2 Å². The van der Waals surface area contributed by atoms with E-state index in [1.807, 2.05) is 6.92 Å². The highest BCUT2D eigenvalue weighted by Crippen LogP contribution is 2.28. The number of nitrogens with zero attached hydrogens (tertiary/aromatic N) is 3. The minimum atomic E-state index is -0.799. The van der Waals surface area contributed by atoms with Crippen LogP contribution in [0.2, 0.25) is 5.02 Å². The Balaban J connectivity index is 1.56. The van der Waals surface area contributed by atoms with Gasteiger partial charge in [0, 0.05) is 36.3 Å². The SMILES string of the molecule is CCCN(Cc1nc2cc(Cl)ccc2c(=O)[nH]1)C(=O)C1CC(=O)N(c2cc(F)cc(F)c2)C1. The molecule has 0 radical (unpaired) electrons. The Morgan fingerprint density at radius 3 is 2.64 bits per heavy atom. The van der Waals surface area contributed by atoms with Gasteiger partial charge in [-0.25, -0.2) is 13.8 Å². The fourth-order valence-electron chi connectivity index (χ4n) is 4.03. The molecule has 0 bridgehead atoms. The molecule has 1 aromatic heterocycles. The van der Waals surface area contributed by atoms with Gasteiger partial charge < -0.3 is 14.8 Å². The zero-order valence-corrected chi connectivity index (χ0v) is 18.5. The Hall–Kier alpha value is -3.33. The normalized spacial score (nSPS) is 15.9. The quantitative estimate of drug-likeness (QED) is 0.591. The highest BCUT2D eigenvalue weighted by atomic mass is 35.5. The predicted octanol–water partition coefficient (Wildman–Crippen LogP) is 3.65. The van der Waals surface area contributed by atoms with Crippen molar-refractivity contribution in [3.63, 3.8) is 0 Å². The van der Waals surface area contributed by atoms with Crippen LogP contribution in [0.4, 0.5) is 14.5 Å². The van der Waals surface area contributed by atoms with E-state index in [0.29, 0.717) is 34.7 Å². The second kappa shape index (κ2) is 9.27. The Morgan fingerprint density at radius 2 is 1.94 bits per heavy atom. The van der Waals surface area contributed by atoms with Crippen molar-refractivity contribution in [3.05, 3.63) is 69.2 Å².